The summed E-state index contributed by atoms with van der Waals surface area (Å²) < 4.78 is 2.16. The third-order valence-corrected chi connectivity index (χ3v) is 4.15. The van der Waals surface area contributed by atoms with E-state index in [2.05, 4.69) is 52.7 Å². The van der Waals surface area contributed by atoms with E-state index >= 15 is 0 Å². The number of nitrogens with zero attached hydrogens (tertiary/aromatic N) is 2. The third kappa shape index (κ3) is 2.35. The fourth-order valence-corrected chi connectivity index (χ4v) is 3.07. The maximum Gasteiger partial charge on any atom is 0.0608 e. The van der Waals surface area contributed by atoms with Gasteiger partial charge in [0.15, 0.2) is 0 Å². The van der Waals surface area contributed by atoms with E-state index in [-0.39, 0.29) is 20.1 Å². The van der Waals surface area contributed by atoms with Gasteiger partial charge in [-0.05, 0) is 29.9 Å². The van der Waals surface area contributed by atoms with E-state index in [4.69, 9.17) is 0 Å². The number of aryl methyl sites for hydroxylation is 1. The van der Waals surface area contributed by atoms with E-state index in [0.29, 0.717) is 0 Å². The Kier molecular flexibility index (Phi) is 4.28. The number of pyridine rings is 1. The molecule has 2 aromatic carbocycles. The largest absolute Gasteiger partial charge is 0.340 e. The number of benzene rings is 2. The van der Waals surface area contributed by atoms with E-state index in [9.17, 15) is 0 Å². The second-order valence-electron chi connectivity index (χ2n) is 5.53. The molecule has 0 fully saturated rings. The third-order valence-electron chi connectivity index (χ3n) is 4.15. The van der Waals surface area contributed by atoms with Crippen LogP contribution < -0.4 is 0 Å². The van der Waals surface area contributed by atoms with Crippen LogP contribution in [0, 0.1) is 6.07 Å². The molecule has 0 N–H and O–H groups in total. The standard InChI is InChI=1S/C19H17N2.Ir/c1-2-3-6-14-9-10-18-17(13-14)15-7-4-5-8-16(15)19-20-11-12-21(18)19;/h4-5,7,9-13H,2-3,6H2,1H3;/q-1;. The number of unbranched alkanes of at least 4 members (excludes halogenated alkanes) is 1. The molecule has 0 aliphatic carbocycles. The molecule has 113 valence electrons. The number of hydrogen-bond donors (Lipinski definition) is 0. The van der Waals surface area contributed by atoms with Gasteiger partial charge in [0.05, 0.1) is 5.65 Å². The van der Waals surface area contributed by atoms with Gasteiger partial charge in [0.2, 0.25) is 0 Å². The Bertz CT molecular complexity index is 940. The average molecular weight is 466 g/mol. The first-order valence-corrected chi connectivity index (χ1v) is 7.56. The minimum absolute atomic E-state index is 0. The quantitative estimate of drug-likeness (QED) is 0.314. The smallest absolute Gasteiger partial charge is 0.0608 e. The fraction of sp³-hybridized carbons (Fsp3) is 0.211. The molecule has 0 unspecified atom stereocenters. The molecule has 0 bridgehead atoms. The predicted octanol–water partition coefficient (Wildman–Crippen LogP) is 4.78. The van der Waals surface area contributed by atoms with E-state index in [1.54, 1.807) is 0 Å². The van der Waals surface area contributed by atoms with Crippen molar-refractivity contribution in [1.29, 1.82) is 0 Å². The summed E-state index contributed by atoms with van der Waals surface area (Å²) in [5, 5.41) is 3.63. The van der Waals surface area contributed by atoms with Crippen LogP contribution in [-0.4, -0.2) is 9.38 Å². The van der Waals surface area contributed by atoms with Crippen molar-refractivity contribution in [3.63, 3.8) is 0 Å². The Hall–Kier alpha value is -1.70. The zero-order valence-electron chi connectivity index (χ0n) is 12.5. The van der Waals surface area contributed by atoms with Gasteiger partial charge >= 0.3 is 0 Å². The van der Waals surface area contributed by atoms with Gasteiger partial charge in [-0.3, -0.25) is 4.98 Å². The second-order valence-corrected chi connectivity index (χ2v) is 5.53. The number of imidazole rings is 1. The number of aromatic nitrogens is 2. The molecule has 1 radical (unpaired) electrons. The summed E-state index contributed by atoms with van der Waals surface area (Å²) in [6.45, 7) is 2.24. The number of hydrogen-bond acceptors (Lipinski definition) is 1. The zero-order valence-corrected chi connectivity index (χ0v) is 14.9. The molecule has 0 amide bonds. The molecular weight excluding hydrogens is 448 g/mol. The molecule has 2 aromatic heterocycles. The van der Waals surface area contributed by atoms with Gasteiger partial charge in [0.25, 0.3) is 0 Å². The molecule has 22 heavy (non-hydrogen) atoms. The van der Waals surface area contributed by atoms with Crippen LogP contribution in [0.5, 0.6) is 0 Å². The summed E-state index contributed by atoms with van der Waals surface area (Å²) in [6.07, 6.45) is 7.51. The van der Waals surface area contributed by atoms with Crippen molar-refractivity contribution >= 4 is 27.3 Å². The van der Waals surface area contributed by atoms with Crippen molar-refractivity contribution in [3.8, 4) is 0 Å². The van der Waals surface area contributed by atoms with Gasteiger partial charge < -0.3 is 4.40 Å². The van der Waals surface area contributed by atoms with Crippen LogP contribution in [0.15, 0.2) is 48.8 Å². The zero-order chi connectivity index (χ0) is 14.2. The van der Waals surface area contributed by atoms with Gasteiger partial charge in [-0.25, -0.2) is 0 Å². The van der Waals surface area contributed by atoms with E-state index < -0.39 is 0 Å². The van der Waals surface area contributed by atoms with Gasteiger partial charge in [-0.2, -0.15) is 0 Å². The molecule has 2 nitrogen and oxygen atoms in total. The van der Waals surface area contributed by atoms with Gasteiger partial charge in [0.1, 0.15) is 0 Å². The maximum absolute atomic E-state index is 4.50. The average Bonchev–Trinajstić information content (AvgIpc) is 3.03. The molecule has 0 spiro atoms. The Morgan fingerprint density at radius 2 is 2.09 bits per heavy atom. The number of rotatable bonds is 3. The minimum Gasteiger partial charge on any atom is -0.340 e. The molecule has 0 saturated carbocycles. The summed E-state index contributed by atoms with van der Waals surface area (Å²) in [5.74, 6) is 0. The van der Waals surface area contributed by atoms with Crippen molar-refractivity contribution in [1.82, 2.24) is 9.38 Å². The first-order chi connectivity index (χ1) is 10.4. The van der Waals surface area contributed by atoms with Crippen molar-refractivity contribution in [3.05, 3.63) is 60.4 Å². The number of fused-ring (bicyclic) bond motifs is 6. The van der Waals surface area contributed by atoms with Gasteiger partial charge in [-0.15, -0.1) is 29.7 Å². The Morgan fingerprint density at radius 1 is 1.18 bits per heavy atom. The second kappa shape index (κ2) is 6.19. The topological polar surface area (TPSA) is 17.3 Å². The van der Waals surface area contributed by atoms with Crippen molar-refractivity contribution in [2.75, 3.05) is 0 Å². The molecular formula is C19H17IrN2-. The summed E-state index contributed by atoms with van der Waals surface area (Å²) in [5.41, 5.74) is 3.61. The van der Waals surface area contributed by atoms with Crippen LogP contribution in [-0.2, 0) is 26.5 Å². The predicted molar refractivity (Wildman–Crippen MR) is 87.7 cm³/mol. The van der Waals surface area contributed by atoms with Crippen LogP contribution in [0.3, 0.4) is 0 Å². The van der Waals surface area contributed by atoms with Crippen LogP contribution in [0.25, 0.3) is 27.3 Å². The SMILES string of the molecule is CCCCc1ccc2c(c1)c1ccc[c-]c1c1nccn21.[Ir]. The summed E-state index contributed by atoms with van der Waals surface area (Å²) in [6, 6.07) is 16.3. The monoisotopic (exact) mass is 466 g/mol. The van der Waals surface area contributed by atoms with Crippen molar-refractivity contribution in [2.45, 2.75) is 26.2 Å². The van der Waals surface area contributed by atoms with E-state index in [1.165, 1.54) is 34.7 Å². The van der Waals surface area contributed by atoms with Crippen LogP contribution in [0.2, 0.25) is 0 Å². The first kappa shape index (κ1) is 15.2. The summed E-state index contributed by atoms with van der Waals surface area (Å²) in [4.78, 5) is 4.50. The summed E-state index contributed by atoms with van der Waals surface area (Å²) >= 11 is 0. The van der Waals surface area contributed by atoms with E-state index in [0.717, 1.165) is 17.5 Å². The molecule has 0 aliphatic rings. The molecule has 3 heteroatoms. The van der Waals surface area contributed by atoms with E-state index in [1.807, 2.05) is 18.5 Å². The van der Waals surface area contributed by atoms with Crippen LogP contribution >= 0.6 is 0 Å². The van der Waals surface area contributed by atoms with Crippen LogP contribution in [0.4, 0.5) is 0 Å². The molecule has 4 aromatic rings. The molecule has 4 rings (SSSR count). The van der Waals surface area contributed by atoms with Crippen LogP contribution in [0.1, 0.15) is 25.3 Å². The normalized spacial score (nSPS) is 11.1. The maximum atomic E-state index is 4.50. The fourth-order valence-electron chi connectivity index (χ4n) is 3.07. The Morgan fingerprint density at radius 3 is 2.95 bits per heavy atom. The molecule has 2 heterocycles. The van der Waals surface area contributed by atoms with Gasteiger partial charge in [-0.1, -0.05) is 30.9 Å². The molecule has 0 saturated heterocycles. The Labute approximate surface area is 143 Å². The summed E-state index contributed by atoms with van der Waals surface area (Å²) in [7, 11) is 0. The molecule has 0 aliphatic heterocycles. The minimum atomic E-state index is 0. The Balaban J connectivity index is 0.00000144. The van der Waals surface area contributed by atoms with Crippen molar-refractivity contribution < 1.29 is 20.1 Å². The first-order valence-electron chi connectivity index (χ1n) is 7.56. The van der Waals surface area contributed by atoms with Crippen molar-refractivity contribution in [2.24, 2.45) is 0 Å². The molecule has 0 atom stereocenters. The van der Waals surface area contributed by atoms with Gasteiger partial charge in [0, 0.05) is 38.0 Å².